The van der Waals surface area contributed by atoms with Crippen LogP contribution >= 0.6 is 0 Å². The summed E-state index contributed by atoms with van der Waals surface area (Å²) >= 11 is 0. The third-order valence-corrected chi connectivity index (χ3v) is 10.9. The first-order valence-corrected chi connectivity index (χ1v) is 20.0. The van der Waals surface area contributed by atoms with Gasteiger partial charge in [-0.1, -0.05) is 194 Å². The average Bonchev–Trinajstić information content (AvgIpc) is 3.33. The third kappa shape index (κ3) is 7.30. The minimum Gasteiger partial charge on any atom is -0.311 e. The lowest BCUT2D eigenvalue weighted by Gasteiger charge is -2.26. The molecule has 3 heteroatoms. The molecule has 59 heavy (non-hydrogen) atoms. The van der Waals surface area contributed by atoms with Crippen LogP contribution in [0.15, 0.2) is 237 Å². The summed E-state index contributed by atoms with van der Waals surface area (Å²) in [5.41, 5.74) is 15.3. The van der Waals surface area contributed by atoms with Gasteiger partial charge >= 0.3 is 0 Å². The lowest BCUT2D eigenvalue weighted by Crippen LogP contribution is -2.09. The largest absolute Gasteiger partial charge is 0.311 e. The highest BCUT2D eigenvalue weighted by molar-refractivity contribution is 6.05. The average molecular weight is 754 g/mol. The standard InChI is InChI=1S/C56H39N3/c1-5-15-40(16-6-1)42-25-31-47(32-26-42)59(48-33-27-43(28-34-48)41-17-7-2-8-18-41)49-35-29-44(30-36-49)50-37-38-53(52-24-14-13-23-51(50)52)55-39-54(45-19-9-3-10-20-45)57-56(58-55)46-21-11-4-12-22-46/h1-39H. The first-order valence-electron chi connectivity index (χ1n) is 20.0. The molecule has 0 aliphatic carbocycles. The first kappa shape index (κ1) is 35.5. The monoisotopic (exact) mass is 753 g/mol. The SMILES string of the molecule is c1ccc(-c2ccc(N(c3ccc(-c4ccccc4)cc3)c3ccc(-c4ccc(-c5cc(-c6ccccc6)nc(-c6ccccc6)n5)c5ccccc45)cc3)cc2)cc1. The van der Waals surface area contributed by atoms with E-state index < -0.39 is 0 Å². The van der Waals surface area contributed by atoms with E-state index in [4.69, 9.17) is 9.97 Å². The van der Waals surface area contributed by atoms with Gasteiger partial charge in [0.2, 0.25) is 0 Å². The van der Waals surface area contributed by atoms with Gasteiger partial charge in [0, 0.05) is 33.8 Å². The van der Waals surface area contributed by atoms with E-state index in [2.05, 4.69) is 217 Å². The molecule has 0 radical (unpaired) electrons. The summed E-state index contributed by atoms with van der Waals surface area (Å²) in [4.78, 5) is 12.5. The molecule has 0 fully saturated rings. The van der Waals surface area contributed by atoms with Gasteiger partial charge in [-0.25, -0.2) is 9.97 Å². The molecule has 0 amide bonds. The van der Waals surface area contributed by atoms with E-state index in [1.165, 1.54) is 33.2 Å². The molecular weight excluding hydrogens is 715 g/mol. The van der Waals surface area contributed by atoms with E-state index in [1.807, 2.05) is 24.3 Å². The Hall–Kier alpha value is -7.88. The van der Waals surface area contributed by atoms with Gasteiger partial charge in [-0.3, -0.25) is 0 Å². The topological polar surface area (TPSA) is 29.0 Å². The predicted octanol–water partition coefficient (Wildman–Crippen LogP) is 15.1. The molecule has 0 spiro atoms. The van der Waals surface area contributed by atoms with Crippen LogP contribution in [0.5, 0.6) is 0 Å². The van der Waals surface area contributed by atoms with E-state index in [9.17, 15) is 0 Å². The Morgan fingerprint density at radius 2 is 0.610 bits per heavy atom. The van der Waals surface area contributed by atoms with E-state index in [0.29, 0.717) is 5.82 Å². The molecule has 9 aromatic carbocycles. The summed E-state index contributed by atoms with van der Waals surface area (Å²) < 4.78 is 0. The summed E-state index contributed by atoms with van der Waals surface area (Å²) in [6.07, 6.45) is 0. The molecule has 0 aliphatic heterocycles. The van der Waals surface area contributed by atoms with Gasteiger partial charge in [-0.2, -0.15) is 0 Å². The van der Waals surface area contributed by atoms with Crippen LogP contribution in [0.1, 0.15) is 0 Å². The Labute approximate surface area is 345 Å². The highest BCUT2D eigenvalue weighted by Crippen LogP contribution is 2.40. The van der Waals surface area contributed by atoms with Crippen molar-refractivity contribution in [3.8, 4) is 67.3 Å². The molecule has 0 atom stereocenters. The molecule has 1 heterocycles. The van der Waals surface area contributed by atoms with E-state index in [-0.39, 0.29) is 0 Å². The molecule has 0 bridgehead atoms. The molecule has 0 saturated carbocycles. The number of anilines is 3. The minimum absolute atomic E-state index is 0.708. The first-order chi connectivity index (χ1) is 29.2. The zero-order valence-electron chi connectivity index (χ0n) is 32.4. The normalized spacial score (nSPS) is 11.1. The second-order valence-electron chi connectivity index (χ2n) is 14.6. The van der Waals surface area contributed by atoms with Gasteiger partial charge in [0.1, 0.15) is 0 Å². The number of benzene rings is 9. The maximum absolute atomic E-state index is 5.17. The van der Waals surface area contributed by atoms with Gasteiger partial charge in [0.05, 0.1) is 11.4 Å². The van der Waals surface area contributed by atoms with Gasteiger partial charge < -0.3 is 4.90 Å². The number of hydrogen-bond donors (Lipinski definition) is 0. The van der Waals surface area contributed by atoms with Crippen molar-refractivity contribution >= 4 is 27.8 Å². The van der Waals surface area contributed by atoms with Crippen molar-refractivity contribution in [1.82, 2.24) is 9.97 Å². The Morgan fingerprint density at radius 1 is 0.254 bits per heavy atom. The van der Waals surface area contributed by atoms with Crippen LogP contribution < -0.4 is 4.90 Å². The fourth-order valence-corrected chi connectivity index (χ4v) is 7.94. The van der Waals surface area contributed by atoms with Crippen LogP contribution in [-0.2, 0) is 0 Å². The second kappa shape index (κ2) is 15.9. The van der Waals surface area contributed by atoms with Gasteiger partial charge in [0.25, 0.3) is 0 Å². The maximum Gasteiger partial charge on any atom is 0.160 e. The van der Waals surface area contributed by atoms with Crippen LogP contribution in [0, 0.1) is 0 Å². The maximum atomic E-state index is 5.17. The number of fused-ring (bicyclic) bond motifs is 1. The quantitative estimate of drug-likeness (QED) is 0.147. The molecule has 10 rings (SSSR count). The van der Waals surface area contributed by atoms with E-state index in [1.54, 1.807) is 0 Å². The van der Waals surface area contributed by atoms with Crippen molar-refractivity contribution < 1.29 is 0 Å². The lowest BCUT2D eigenvalue weighted by molar-refractivity contribution is 1.18. The highest BCUT2D eigenvalue weighted by Gasteiger charge is 2.17. The Balaban J connectivity index is 1.04. The smallest absolute Gasteiger partial charge is 0.160 e. The lowest BCUT2D eigenvalue weighted by atomic mass is 9.93. The summed E-state index contributed by atoms with van der Waals surface area (Å²) in [6, 6.07) is 83.5. The Kier molecular flexibility index (Phi) is 9.59. The van der Waals surface area contributed by atoms with Crippen molar-refractivity contribution in [3.05, 3.63) is 237 Å². The predicted molar refractivity (Wildman–Crippen MR) is 247 cm³/mol. The van der Waals surface area contributed by atoms with Crippen molar-refractivity contribution in [2.24, 2.45) is 0 Å². The Bertz CT molecular complexity index is 2840. The molecule has 0 unspecified atom stereocenters. The summed E-state index contributed by atoms with van der Waals surface area (Å²) in [5.74, 6) is 0.708. The summed E-state index contributed by atoms with van der Waals surface area (Å²) in [5, 5.41) is 2.31. The van der Waals surface area contributed by atoms with Crippen LogP contribution in [-0.4, -0.2) is 9.97 Å². The van der Waals surface area contributed by atoms with Crippen LogP contribution in [0.4, 0.5) is 17.1 Å². The summed E-state index contributed by atoms with van der Waals surface area (Å²) in [6.45, 7) is 0. The fourth-order valence-electron chi connectivity index (χ4n) is 7.94. The molecule has 1 aromatic heterocycles. The molecule has 0 aliphatic rings. The number of aromatic nitrogens is 2. The van der Waals surface area contributed by atoms with Gasteiger partial charge in [0.15, 0.2) is 5.82 Å². The molecule has 0 N–H and O–H groups in total. The number of nitrogens with zero attached hydrogens (tertiary/aromatic N) is 3. The van der Waals surface area contributed by atoms with Crippen molar-refractivity contribution in [2.75, 3.05) is 4.90 Å². The highest BCUT2D eigenvalue weighted by atomic mass is 15.1. The van der Waals surface area contributed by atoms with Crippen molar-refractivity contribution in [2.45, 2.75) is 0 Å². The number of hydrogen-bond acceptors (Lipinski definition) is 3. The third-order valence-electron chi connectivity index (χ3n) is 10.9. The summed E-state index contributed by atoms with van der Waals surface area (Å²) in [7, 11) is 0. The van der Waals surface area contributed by atoms with Crippen LogP contribution in [0.25, 0.3) is 78.1 Å². The Morgan fingerprint density at radius 3 is 1.10 bits per heavy atom. The number of rotatable bonds is 9. The van der Waals surface area contributed by atoms with E-state index in [0.717, 1.165) is 56.1 Å². The fraction of sp³-hybridized carbons (Fsp3) is 0. The zero-order chi connectivity index (χ0) is 39.4. The molecule has 0 saturated heterocycles. The second-order valence-corrected chi connectivity index (χ2v) is 14.6. The molecule has 3 nitrogen and oxygen atoms in total. The molecular formula is C56H39N3. The van der Waals surface area contributed by atoms with Gasteiger partial charge in [-0.15, -0.1) is 0 Å². The molecule has 278 valence electrons. The zero-order valence-corrected chi connectivity index (χ0v) is 32.4. The minimum atomic E-state index is 0.708. The van der Waals surface area contributed by atoms with Crippen LogP contribution in [0.2, 0.25) is 0 Å². The van der Waals surface area contributed by atoms with Crippen molar-refractivity contribution in [1.29, 1.82) is 0 Å². The van der Waals surface area contributed by atoms with Crippen LogP contribution in [0.3, 0.4) is 0 Å². The van der Waals surface area contributed by atoms with Gasteiger partial charge in [-0.05, 0) is 86.6 Å². The van der Waals surface area contributed by atoms with Crippen molar-refractivity contribution in [3.63, 3.8) is 0 Å². The molecule has 10 aromatic rings. The van der Waals surface area contributed by atoms with E-state index >= 15 is 0 Å².